The minimum Gasteiger partial charge on any atom is -0.379 e. The Bertz CT molecular complexity index is 207. The lowest BCUT2D eigenvalue weighted by atomic mass is 10.3. The van der Waals surface area contributed by atoms with Crippen molar-refractivity contribution >= 4 is 5.91 Å². The standard InChI is InChI=1S/C11H22N2O2/c1-9(2)15-7-5-4-6-13-8-12-10(3)11(13)14/h9-10,12H,4-8H2,1-3H3. The zero-order valence-electron chi connectivity index (χ0n) is 9.95. The van der Waals surface area contributed by atoms with Crippen LogP contribution in [0, 0.1) is 0 Å². The molecule has 1 N–H and O–H groups in total. The zero-order chi connectivity index (χ0) is 11.3. The van der Waals surface area contributed by atoms with E-state index in [9.17, 15) is 4.79 Å². The summed E-state index contributed by atoms with van der Waals surface area (Å²) in [4.78, 5) is 13.4. The van der Waals surface area contributed by atoms with Crippen LogP contribution in [0.25, 0.3) is 0 Å². The first-order valence-electron chi connectivity index (χ1n) is 5.75. The molecule has 15 heavy (non-hydrogen) atoms. The molecular formula is C11H22N2O2. The van der Waals surface area contributed by atoms with Crippen LogP contribution < -0.4 is 5.32 Å². The van der Waals surface area contributed by atoms with Crippen molar-refractivity contribution in [1.29, 1.82) is 0 Å². The molecule has 0 aromatic rings. The molecule has 1 aliphatic heterocycles. The van der Waals surface area contributed by atoms with Crippen molar-refractivity contribution in [2.75, 3.05) is 19.8 Å². The van der Waals surface area contributed by atoms with Gasteiger partial charge in [0.1, 0.15) is 0 Å². The monoisotopic (exact) mass is 214 g/mol. The normalized spacial score (nSPS) is 21.7. The van der Waals surface area contributed by atoms with Gasteiger partial charge in [-0.25, -0.2) is 0 Å². The maximum atomic E-state index is 11.5. The summed E-state index contributed by atoms with van der Waals surface area (Å²) in [6, 6.07) is -0.00286. The number of ether oxygens (including phenoxy) is 1. The predicted molar refractivity (Wildman–Crippen MR) is 59.5 cm³/mol. The average Bonchev–Trinajstić information content (AvgIpc) is 2.48. The molecule has 1 heterocycles. The van der Waals surface area contributed by atoms with Gasteiger partial charge in [-0.3, -0.25) is 10.1 Å². The Morgan fingerprint density at radius 1 is 1.53 bits per heavy atom. The first kappa shape index (κ1) is 12.5. The van der Waals surface area contributed by atoms with Crippen molar-refractivity contribution in [3.63, 3.8) is 0 Å². The molecule has 1 atom stereocenters. The predicted octanol–water partition coefficient (Wildman–Crippen LogP) is 0.969. The Labute approximate surface area is 92.0 Å². The number of hydrogen-bond donors (Lipinski definition) is 1. The number of hydrogen-bond acceptors (Lipinski definition) is 3. The number of nitrogens with zero attached hydrogens (tertiary/aromatic N) is 1. The molecule has 0 radical (unpaired) electrons. The summed E-state index contributed by atoms with van der Waals surface area (Å²) in [6.07, 6.45) is 2.35. The summed E-state index contributed by atoms with van der Waals surface area (Å²) in [7, 11) is 0. The molecule has 0 bridgehead atoms. The number of nitrogens with one attached hydrogen (secondary N) is 1. The van der Waals surface area contributed by atoms with Crippen molar-refractivity contribution in [3.8, 4) is 0 Å². The van der Waals surface area contributed by atoms with E-state index in [-0.39, 0.29) is 11.9 Å². The van der Waals surface area contributed by atoms with Crippen LogP contribution in [0.4, 0.5) is 0 Å². The molecule has 0 aliphatic carbocycles. The van der Waals surface area contributed by atoms with Crippen molar-refractivity contribution in [2.45, 2.75) is 45.8 Å². The lowest BCUT2D eigenvalue weighted by Gasteiger charge is -2.14. The molecule has 1 amide bonds. The smallest absolute Gasteiger partial charge is 0.240 e. The molecule has 1 rings (SSSR count). The second-order valence-corrected chi connectivity index (χ2v) is 4.31. The van der Waals surface area contributed by atoms with Gasteiger partial charge in [0.2, 0.25) is 5.91 Å². The van der Waals surface area contributed by atoms with Crippen LogP contribution >= 0.6 is 0 Å². The second kappa shape index (κ2) is 6.08. The highest BCUT2D eigenvalue weighted by Crippen LogP contribution is 2.04. The molecular weight excluding hydrogens is 192 g/mol. The minimum absolute atomic E-state index is 0.00286. The first-order valence-corrected chi connectivity index (χ1v) is 5.75. The van der Waals surface area contributed by atoms with Gasteiger partial charge in [-0.05, 0) is 33.6 Å². The molecule has 1 fully saturated rings. The Kier molecular flexibility index (Phi) is 5.05. The molecule has 4 nitrogen and oxygen atoms in total. The van der Waals surface area contributed by atoms with Gasteiger partial charge in [-0.15, -0.1) is 0 Å². The second-order valence-electron chi connectivity index (χ2n) is 4.31. The van der Waals surface area contributed by atoms with Gasteiger partial charge < -0.3 is 9.64 Å². The summed E-state index contributed by atoms with van der Waals surface area (Å²) >= 11 is 0. The number of rotatable bonds is 6. The van der Waals surface area contributed by atoms with Gasteiger partial charge in [-0.2, -0.15) is 0 Å². The van der Waals surface area contributed by atoms with E-state index in [1.807, 2.05) is 25.7 Å². The minimum atomic E-state index is -0.00286. The zero-order valence-corrected chi connectivity index (χ0v) is 9.95. The van der Waals surface area contributed by atoms with Crippen molar-refractivity contribution < 1.29 is 9.53 Å². The van der Waals surface area contributed by atoms with Gasteiger partial charge in [0.05, 0.1) is 18.8 Å². The van der Waals surface area contributed by atoms with Crippen LogP contribution in [-0.2, 0) is 9.53 Å². The fraction of sp³-hybridized carbons (Fsp3) is 0.909. The maximum absolute atomic E-state index is 11.5. The summed E-state index contributed by atoms with van der Waals surface area (Å²) in [5.74, 6) is 0.222. The van der Waals surface area contributed by atoms with Crippen LogP contribution in [0.3, 0.4) is 0 Å². The third kappa shape index (κ3) is 4.18. The highest BCUT2D eigenvalue weighted by Gasteiger charge is 2.26. The number of unbranched alkanes of at least 4 members (excludes halogenated alkanes) is 1. The van der Waals surface area contributed by atoms with E-state index in [0.717, 1.165) is 26.0 Å². The summed E-state index contributed by atoms with van der Waals surface area (Å²) in [5, 5.41) is 3.12. The lowest BCUT2D eigenvalue weighted by Crippen LogP contribution is -2.29. The fourth-order valence-electron chi connectivity index (χ4n) is 1.60. The average molecular weight is 214 g/mol. The lowest BCUT2D eigenvalue weighted by molar-refractivity contribution is -0.128. The van der Waals surface area contributed by atoms with Crippen molar-refractivity contribution in [2.24, 2.45) is 0 Å². The fourth-order valence-corrected chi connectivity index (χ4v) is 1.60. The van der Waals surface area contributed by atoms with Gasteiger partial charge in [0.15, 0.2) is 0 Å². The van der Waals surface area contributed by atoms with Gasteiger partial charge in [0.25, 0.3) is 0 Å². The Balaban J connectivity index is 2.03. The van der Waals surface area contributed by atoms with Crippen LogP contribution in [0.5, 0.6) is 0 Å². The van der Waals surface area contributed by atoms with E-state index in [1.54, 1.807) is 0 Å². The molecule has 0 aromatic carbocycles. The summed E-state index contributed by atoms with van der Waals surface area (Å²) in [5.41, 5.74) is 0. The molecule has 88 valence electrons. The first-order chi connectivity index (χ1) is 7.11. The van der Waals surface area contributed by atoms with E-state index in [1.165, 1.54) is 0 Å². The Morgan fingerprint density at radius 2 is 2.27 bits per heavy atom. The van der Waals surface area contributed by atoms with E-state index in [4.69, 9.17) is 4.74 Å². The summed E-state index contributed by atoms with van der Waals surface area (Å²) in [6.45, 7) is 8.32. The third-order valence-electron chi connectivity index (χ3n) is 2.54. The van der Waals surface area contributed by atoms with Crippen molar-refractivity contribution in [1.82, 2.24) is 10.2 Å². The third-order valence-corrected chi connectivity index (χ3v) is 2.54. The Morgan fingerprint density at radius 3 is 2.80 bits per heavy atom. The van der Waals surface area contributed by atoms with E-state index < -0.39 is 0 Å². The van der Waals surface area contributed by atoms with Gasteiger partial charge in [0, 0.05) is 13.2 Å². The molecule has 1 aliphatic rings. The number of amides is 1. The number of carbonyl (C=O) groups is 1. The molecule has 1 saturated heterocycles. The topological polar surface area (TPSA) is 41.6 Å². The maximum Gasteiger partial charge on any atom is 0.240 e. The highest BCUT2D eigenvalue weighted by molar-refractivity contribution is 5.83. The number of carbonyl (C=O) groups excluding carboxylic acids is 1. The quantitative estimate of drug-likeness (QED) is 0.670. The largest absolute Gasteiger partial charge is 0.379 e. The molecule has 4 heteroatoms. The van der Waals surface area contributed by atoms with Crippen LogP contribution in [0.1, 0.15) is 33.6 Å². The van der Waals surface area contributed by atoms with Crippen LogP contribution in [0.2, 0.25) is 0 Å². The molecule has 1 unspecified atom stereocenters. The highest BCUT2D eigenvalue weighted by atomic mass is 16.5. The van der Waals surface area contributed by atoms with E-state index in [0.29, 0.717) is 12.8 Å². The van der Waals surface area contributed by atoms with E-state index in [2.05, 4.69) is 5.32 Å². The molecule has 0 saturated carbocycles. The molecule has 0 spiro atoms. The van der Waals surface area contributed by atoms with Crippen LogP contribution in [-0.4, -0.2) is 42.8 Å². The van der Waals surface area contributed by atoms with Crippen molar-refractivity contribution in [3.05, 3.63) is 0 Å². The SMILES string of the molecule is CC(C)OCCCCN1CNC(C)C1=O. The van der Waals surface area contributed by atoms with Gasteiger partial charge >= 0.3 is 0 Å². The van der Waals surface area contributed by atoms with Gasteiger partial charge in [-0.1, -0.05) is 0 Å². The van der Waals surface area contributed by atoms with E-state index >= 15 is 0 Å². The Hall–Kier alpha value is -0.610. The summed E-state index contributed by atoms with van der Waals surface area (Å²) < 4.78 is 5.44. The molecule has 0 aromatic heterocycles. The van der Waals surface area contributed by atoms with Crippen LogP contribution in [0.15, 0.2) is 0 Å².